The lowest BCUT2D eigenvalue weighted by Crippen LogP contribution is -2.28. The summed E-state index contributed by atoms with van der Waals surface area (Å²) in [4.78, 5) is 20.8. The number of aromatic nitrogens is 1. The van der Waals surface area contributed by atoms with Crippen LogP contribution in [0.1, 0.15) is 34.9 Å². The lowest BCUT2D eigenvalue weighted by molar-refractivity contribution is -0.122. The molecule has 1 saturated heterocycles. The maximum absolute atomic E-state index is 13.4. The van der Waals surface area contributed by atoms with E-state index in [4.69, 9.17) is 28.2 Å². The molecule has 3 aromatic carbocycles. The number of para-hydroxylation sites is 2. The van der Waals surface area contributed by atoms with Crippen LogP contribution >= 0.6 is 35.0 Å². The number of carbonyl (C=O) groups is 1. The molecule has 1 aromatic heterocycles. The Hall–Kier alpha value is -2.99. The Bertz CT molecular complexity index is 1580. The minimum Gasteiger partial charge on any atom is -0.340 e. The van der Waals surface area contributed by atoms with Crippen LogP contribution in [0.2, 0.25) is 10.0 Å². The van der Waals surface area contributed by atoms with Crippen molar-refractivity contribution in [3.8, 4) is 0 Å². The van der Waals surface area contributed by atoms with Crippen LogP contribution in [0.5, 0.6) is 0 Å². The number of nitrogens with zero attached hydrogens (tertiary/aromatic N) is 3. The molecule has 0 aliphatic carbocycles. The number of carbonyl (C=O) groups excluding carboxylic acids is 1. The van der Waals surface area contributed by atoms with Crippen LogP contribution in [0.3, 0.4) is 0 Å². The first-order chi connectivity index (χ1) is 17.8. The molecule has 1 aliphatic heterocycles. The summed E-state index contributed by atoms with van der Waals surface area (Å²) >= 11 is 13.9. The highest BCUT2D eigenvalue weighted by Gasteiger charge is 2.33. The molecule has 0 saturated carbocycles. The van der Waals surface area contributed by atoms with Crippen molar-refractivity contribution >= 4 is 68.7 Å². The first kappa shape index (κ1) is 25.7. The van der Waals surface area contributed by atoms with Crippen molar-refractivity contribution in [2.24, 2.45) is 4.99 Å². The van der Waals surface area contributed by atoms with Crippen molar-refractivity contribution in [3.05, 3.63) is 104 Å². The van der Waals surface area contributed by atoms with Crippen molar-refractivity contribution in [1.82, 2.24) is 9.47 Å². The Morgan fingerprint density at radius 1 is 0.946 bits per heavy atom. The Morgan fingerprint density at radius 3 is 2.38 bits per heavy atom. The molecule has 0 unspecified atom stereocenters. The third-order valence-electron chi connectivity index (χ3n) is 6.73. The van der Waals surface area contributed by atoms with Crippen LogP contribution in [0.25, 0.3) is 17.0 Å². The first-order valence-corrected chi connectivity index (χ1v) is 13.7. The molecule has 1 fully saturated rings. The Balaban J connectivity index is 1.58. The molecule has 188 valence electrons. The fourth-order valence-corrected chi connectivity index (χ4v) is 6.09. The number of rotatable bonds is 5. The Kier molecular flexibility index (Phi) is 7.21. The summed E-state index contributed by atoms with van der Waals surface area (Å²) in [5.74, 6) is -0.0156. The smallest absolute Gasteiger partial charge is 0.266 e. The predicted molar refractivity (Wildman–Crippen MR) is 158 cm³/mol. The molecule has 0 N–H and O–H groups in total. The second kappa shape index (κ2) is 10.4. The van der Waals surface area contributed by atoms with Crippen LogP contribution in [-0.2, 0) is 11.3 Å². The van der Waals surface area contributed by atoms with Crippen molar-refractivity contribution in [3.63, 3.8) is 0 Å². The molecule has 2 heterocycles. The molecule has 37 heavy (non-hydrogen) atoms. The summed E-state index contributed by atoms with van der Waals surface area (Å²) in [6, 6.07) is 20.1. The molecule has 0 atom stereocenters. The SMILES string of the molecule is CCN1C(=O)/C(=C\c2c(C)n(Cc3ccc(Cl)c(Cl)c3)c3ccccc23)SC1=Nc1c(C)cccc1C. The summed E-state index contributed by atoms with van der Waals surface area (Å²) in [6.45, 7) is 9.38. The minimum absolute atomic E-state index is 0.0156. The number of amides is 1. The van der Waals surface area contributed by atoms with Crippen molar-refractivity contribution in [2.75, 3.05) is 6.54 Å². The minimum atomic E-state index is -0.0156. The molecule has 7 heteroatoms. The van der Waals surface area contributed by atoms with E-state index < -0.39 is 0 Å². The fourth-order valence-electron chi connectivity index (χ4n) is 4.74. The molecular formula is C30H27Cl2N3OS. The van der Waals surface area contributed by atoms with Crippen molar-refractivity contribution < 1.29 is 4.79 Å². The zero-order valence-corrected chi connectivity index (χ0v) is 23.5. The van der Waals surface area contributed by atoms with Gasteiger partial charge in [-0.2, -0.15) is 0 Å². The van der Waals surface area contributed by atoms with Gasteiger partial charge in [0.15, 0.2) is 5.17 Å². The van der Waals surface area contributed by atoms with Gasteiger partial charge in [0.2, 0.25) is 0 Å². The maximum atomic E-state index is 13.4. The van der Waals surface area contributed by atoms with Gasteiger partial charge in [0.25, 0.3) is 5.91 Å². The van der Waals surface area contributed by atoms with Crippen LogP contribution in [0.15, 0.2) is 70.6 Å². The molecule has 0 bridgehead atoms. The first-order valence-electron chi connectivity index (χ1n) is 12.2. The van der Waals surface area contributed by atoms with E-state index in [1.165, 1.54) is 11.8 Å². The molecule has 4 nitrogen and oxygen atoms in total. The standard InChI is InChI=1S/C30H27Cl2N3OS/c1-5-34-29(36)27(37-30(34)33-28-18(2)9-8-10-19(28)3)16-23-20(4)35(26-12-7-6-11-22(23)26)17-21-13-14-24(31)25(32)15-21/h6-16H,5,17H2,1-4H3/b27-16+,33-30?. The fraction of sp³-hybridized carbons (Fsp3) is 0.200. The van der Waals surface area contributed by atoms with Crippen LogP contribution in [-0.4, -0.2) is 27.1 Å². The van der Waals surface area contributed by atoms with Gasteiger partial charge in [-0.15, -0.1) is 0 Å². The zero-order valence-electron chi connectivity index (χ0n) is 21.2. The summed E-state index contributed by atoms with van der Waals surface area (Å²) in [7, 11) is 0. The van der Waals surface area contributed by atoms with Crippen LogP contribution in [0.4, 0.5) is 5.69 Å². The van der Waals surface area contributed by atoms with Gasteiger partial charge in [-0.1, -0.05) is 65.7 Å². The van der Waals surface area contributed by atoms with Crippen molar-refractivity contribution in [1.29, 1.82) is 0 Å². The number of fused-ring (bicyclic) bond motifs is 1. The van der Waals surface area contributed by atoms with E-state index in [9.17, 15) is 4.79 Å². The van der Waals surface area contributed by atoms with E-state index in [2.05, 4.69) is 23.6 Å². The van der Waals surface area contributed by atoms with Crippen molar-refractivity contribution in [2.45, 2.75) is 34.2 Å². The van der Waals surface area contributed by atoms with E-state index in [0.29, 0.717) is 33.2 Å². The van der Waals surface area contributed by atoms with E-state index in [-0.39, 0.29) is 5.91 Å². The monoisotopic (exact) mass is 547 g/mol. The molecule has 0 radical (unpaired) electrons. The molecule has 1 amide bonds. The number of halogens is 2. The second-order valence-corrected chi connectivity index (χ2v) is 11.0. The topological polar surface area (TPSA) is 37.6 Å². The highest BCUT2D eigenvalue weighted by molar-refractivity contribution is 8.18. The maximum Gasteiger partial charge on any atom is 0.266 e. The lowest BCUT2D eigenvalue weighted by Gasteiger charge is -2.13. The van der Waals surface area contributed by atoms with Gasteiger partial charge in [-0.05, 0) is 80.4 Å². The largest absolute Gasteiger partial charge is 0.340 e. The molecular weight excluding hydrogens is 521 g/mol. The van der Waals surface area contributed by atoms with Gasteiger partial charge in [0.05, 0.1) is 20.6 Å². The summed E-state index contributed by atoms with van der Waals surface area (Å²) < 4.78 is 2.26. The van der Waals surface area contributed by atoms with E-state index in [0.717, 1.165) is 44.5 Å². The summed E-state index contributed by atoms with van der Waals surface area (Å²) in [5, 5.41) is 2.90. The van der Waals surface area contributed by atoms with Gasteiger partial charge in [-0.3, -0.25) is 9.69 Å². The lowest BCUT2D eigenvalue weighted by atomic mass is 10.1. The summed E-state index contributed by atoms with van der Waals surface area (Å²) in [5.41, 5.74) is 7.39. The number of amidine groups is 1. The molecule has 0 spiro atoms. The quantitative estimate of drug-likeness (QED) is 0.234. The number of hydrogen-bond acceptors (Lipinski definition) is 3. The normalized spacial score (nSPS) is 16.1. The van der Waals surface area contributed by atoms with E-state index in [1.54, 1.807) is 4.90 Å². The third-order valence-corrected chi connectivity index (χ3v) is 8.48. The highest BCUT2D eigenvalue weighted by atomic mass is 35.5. The summed E-state index contributed by atoms with van der Waals surface area (Å²) in [6.07, 6.45) is 2.02. The van der Waals surface area contributed by atoms with Gasteiger partial charge >= 0.3 is 0 Å². The predicted octanol–water partition coefficient (Wildman–Crippen LogP) is 8.55. The van der Waals surface area contributed by atoms with Gasteiger partial charge < -0.3 is 4.57 Å². The Labute approximate surface area is 231 Å². The number of benzene rings is 3. The average Bonchev–Trinajstić information content (AvgIpc) is 3.32. The number of aryl methyl sites for hydroxylation is 2. The van der Waals surface area contributed by atoms with E-state index in [1.807, 2.05) is 75.4 Å². The second-order valence-electron chi connectivity index (χ2n) is 9.15. The molecule has 1 aliphatic rings. The third kappa shape index (κ3) is 4.84. The Morgan fingerprint density at radius 2 is 1.68 bits per heavy atom. The molecule has 4 aromatic rings. The van der Waals surface area contributed by atoms with Crippen LogP contribution < -0.4 is 0 Å². The van der Waals surface area contributed by atoms with Crippen LogP contribution in [0, 0.1) is 20.8 Å². The average molecular weight is 549 g/mol. The van der Waals surface area contributed by atoms with Gasteiger partial charge in [-0.25, -0.2) is 4.99 Å². The number of thioether (sulfide) groups is 1. The van der Waals surface area contributed by atoms with E-state index >= 15 is 0 Å². The number of likely N-dealkylation sites (N-methyl/N-ethyl adjacent to an activating group) is 1. The van der Waals surface area contributed by atoms with Gasteiger partial charge in [0.1, 0.15) is 0 Å². The highest BCUT2D eigenvalue weighted by Crippen LogP contribution is 2.38. The zero-order chi connectivity index (χ0) is 26.3. The van der Waals surface area contributed by atoms with Gasteiger partial charge in [0, 0.05) is 35.2 Å². The number of aliphatic imine (C=N–C) groups is 1. The molecule has 5 rings (SSSR count). The number of hydrogen-bond donors (Lipinski definition) is 0.